The van der Waals surface area contributed by atoms with Crippen LogP contribution in [0, 0.1) is 5.82 Å². The van der Waals surface area contributed by atoms with Crippen molar-refractivity contribution in [2.45, 2.75) is 0 Å². The maximum atomic E-state index is 13.2. The van der Waals surface area contributed by atoms with Crippen molar-refractivity contribution in [3.63, 3.8) is 0 Å². The van der Waals surface area contributed by atoms with Crippen LogP contribution in [0.5, 0.6) is 0 Å². The van der Waals surface area contributed by atoms with Crippen molar-refractivity contribution < 1.29 is 4.39 Å². The zero-order chi connectivity index (χ0) is 11.7. The summed E-state index contributed by atoms with van der Waals surface area (Å²) in [5.74, 6) is -0.289. The first-order chi connectivity index (χ1) is 8.34. The number of fused-ring (bicyclic) bond motifs is 1. The van der Waals surface area contributed by atoms with Crippen LogP contribution in [0.25, 0.3) is 22.0 Å². The first-order valence-corrected chi connectivity index (χ1v) is 5.29. The van der Waals surface area contributed by atoms with E-state index in [4.69, 9.17) is 0 Å². The van der Waals surface area contributed by atoms with Crippen molar-refractivity contribution in [2.75, 3.05) is 0 Å². The Bertz CT molecular complexity index is 674. The second kappa shape index (κ2) is 3.94. The van der Waals surface area contributed by atoms with Crippen LogP contribution in [0.15, 0.2) is 55.0 Å². The number of aromatic nitrogens is 2. The Balaban J connectivity index is 2.30. The van der Waals surface area contributed by atoms with Gasteiger partial charge in [0.05, 0.1) is 5.69 Å². The summed E-state index contributed by atoms with van der Waals surface area (Å²) in [4.78, 5) is 8.34. The average Bonchev–Trinajstić information content (AvgIpc) is 2.38. The highest BCUT2D eigenvalue weighted by Crippen LogP contribution is 2.25. The lowest BCUT2D eigenvalue weighted by Gasteiger charge is -2.04. The van der Waals surface area contributed by atoms with Gasteiger partial charge >= 0.3 is 0 Å². The molecule has 0 saturated carbocycles. The van der Waals surface area contributed by atoms with Crippen LogP contribution >= 0.6 is 0 Å². The third kappa shape index (κ3) is 1.76. The normalized spacial score (nSPS) is 10.6. The molecule has 82 valence electrons. The Morgan fingerprint density at radius 3 is 2.76 bits per heavy atom. The van der Waals surface area contributed by atoms with E-state index in [0.717, 1.165) is 16.3 Å². The second-order valence-electron chi connectivity index (χ2n) is 3.77. The number of benzene rings is 1. The van der Waals surface area contributed by atoms with Gasteiger partial charge in [-0.25, -0.2) is 4.39 Å². The van der Waals surface area contributed by atoms with E-state index in [0.29, 0.717) is 5.69 Å². The summed E-state index contributed by atoms with van der Waals surface area (Å²) in [6, 6.07) is 10.6. The molecule has 0 aliphatic heterocycles. The zero-order valence-corrected chi connectivity index (χ0v) is 8.97. The Hall–Kier alpha value is -2.29. The second-order valence-corrected chi connectivity index (χ2v) is 3.77. The fourth-order valence-electron chi connectivity index (χ4n) is 1.87. The summed E-state index contributed by atoms with van der Waals surface area (Å²) >= 11 is 0. The number of halogens is 1. The van der Waals surface area contributed by atoms with Crippen molar-refractivity contribution >= 4 is 10.8 Å². The average molecular weight is 224 g/mol. The van der Waals surface area contributed by atoms with Crippen LogP contribution < -0.4 is 0 Å². The molecule has 2 aromatic heterocycles. The first kappa shape index (κ1) is 9.90. The molecule has 17 heavy (non-hydrogen) atoms. The van der Waals surface area contributed by atoms with E-state index < -0.39 is 0 Å². The highest BCUT2D eigenvalue weighted by atomic mass is 19.1. The van der Waals surface area contributed by atoms with Gasteiger partial charge in [0.25, 0.3) is 0 Å². The third-order valence-electron chi connectivity index (χ3n) is 2.67. The molecule has 0 radical (unpaired) electrons. The lowest BCUT2D eigenvalue weighted by molar-refractivity contribution is 0.626. The molecule has 0 fully saturated rings. The van der Waals surface area contributed by atoms with Gasteiger partial charge < -0.3 is 0 Å². The van der Waals surface area contributed by atoms with Gasteiger partial charge in [0.2, 0.25) is 0 Å². The summed E-state index contributed by atoms with van der Waals surface area (Å²) in [5, 5.41) is 2.05. The van der Waals surface area contributed by atoms with Crippen LogP contribution in [-0.4, -0.2) is 9.97 Å². The van der Waals surface area contributed by atoms with Crippen molar-refractivity contribution in [1.29, 1.82) is 0 Å². The van der Waals surface area contributed by atoms with Crippen LogP contribution in [0.1, 0.15) is 0 Å². The maximum Gasteiger partial charge on any atom is 0.126 e. The molecule has 0 unspecified atom stereocenters. The Morgan fingerprint density at radius 1 is 1.00 bits per heavy atom. The van der Waals surface area contributed by atoms with Crippen LogP contribution in [0.2, 0.25) is 0 Å². The fourth-order valence-corrected chi connectivity index (χ4v) is 1.87. The highest BCUT2D eigenvalue weighted by Gasteiger charge is 2.05. The van der Waals surface area contributed by atoms with Gasteiger partial charge in [0.15, 0.2) is 0 Å². The van der Waals surface area contributed by atoms with E-state index in [1.807, 2.05) is 24.3 Å². The smallest absolute Gasteiger partial charge is 0.126 e. The predicted molar refractivity (Wildman–Crippen MR) is 64.9 cm³/mol. The monoisotopic (exact) mass is 224 g/mol. The number of nitrogens with zero attached hydrogens (tertiary/aromatic N) is 2. The van der Waals surface area contributed by atoms with Crippen LogP contribution in [-0.2, 0) is 0 Å². The number of hydrogen-bond acceptors (Lipinski definition) is 2. The molecule has 1 aromatic carbocycles. The lowest BCUT2D eigenvalue weighted by Crippen LogP contribution is -1.88. The van der Waals surface area contributed by atoms with E-state index in [9.17, 15) is 4.39 Å². The summed E-state index contributed by atoms with van der Waals surface area (Å²) in [7, 11) is 0. The van der Waals surface area contributed by atoms with E-state index in [2.05, 4.69) is 9.97 Å². The molecule has 2 heterocycles. The molecule has 0 N–H and O–H groups in total. The van der Waals surface area contributed by atoms with Crippen LogP contribution in [0.3, 0.4) is 0 Å². The predicted octanol–water partition coefficient (Wildman–Crippen LogP) is 3.44. The Morgan fingerprint density at radius 2 is 1.88 bits per heavy atom. The molecule has 0 spiro atoms. The summed E-state index contributed by atoms with van der Waals surface area (Å²) in [5.41, 5.74) is 1.46. The van der Waals surface area contributed by atoms with Gasteiger partial charge in [0, 0.05) is 35.6 Å². The van der Waals surface area contributed by atoms with Gasteiger partial charge in [-0.3, -0.25) is 9.97 Å². The molecule has 0 saturated heterocycles. The minimum Gasteiger partial charge on any atom is -0.263 e. The molecular formula is C14H9FN2. The van der Waals surface area contributed by atoms with Crippen molar-refractivity contribution in [3.05, 3.63) is 60.8 Å². The summed E-state index contributed by atoms with van der Waals surface area (Å²) in [6.45, 7) is 0. The minimum absolute atomic E-state index is 0.289. The molecule has 0 aliphatic carbocycles. The van der Waals surface area contributed by atoms with Crippen LogP contribution in [0.4, 0.5) is 4.39 Å². The molecule has 3 rings (SSSR count). The Labute approximate surface area is 97.8 Å². The number of pyridine rings is 2. The number of rotatable bonds is 1. The third-order valence-corrected chi connectivity index (χ3v) is 2.67. The highest BCUT2D eigenvalue weighted by molar-refractivity contribution is 5.94. The van der Waals surface area contributed by atoms with Gasteiger partial charge in [-0.1, -0.05) is 24.3 Å². The molecule has 0 amide bonds. The topological polar surface area (TPSA) is 25.8 Å². The van der Waals surface area contributed by atoms with E-state index in [1.165, 1.54) is 18.3 Å². The van der Waals surface area contributed by atoms with Crippen molar-refractivity contribution in [1.82, 2.24) is 9.97 Å². The quantitative estimate of drug-likeness (QED) is 0.632. The van der Waals surface area contributed by atoms with E-state index in [1.54, 1.807) is 12.4 Å². The maximum absolute atomic E-state index is 13.2. The molecule has 0 aliphatic rings. The minimum atomic E-state index is -0.289. The summed E-state index contributed by atoms with van der Waals surface area (Å²) < 4.78 is 13.2. The van der Waals surface area contributed by atoms with Gasteiger partial charge in [-0.05, 0) is 11.5 Å². The summed E-state index contributed by atoms with van der Waals surface area (Å²) in [6.07, 6.45) is 4.97. The zero-order valence-electron chi connectivity index (χ0n) is 8.97. The molecule has 2 nitrogen and oxygen atoms in total. The standard InChI is InChI=1S/C14H9FN2/c15-11-5-6-17-14(7-11)13-9-16-8-10-3-1-2-4-12(10)13/h1-9H. The largest absolute Gasteiger partial charge is 0.263 e. The SMILES string of the molecule is Fc1ccnc(-c2cncc3ccccc23)c1. The molecule has 3 aromatic rings. The van der Waals surface area contributed by atoms with Crippen molar-refractivity contribution in [3.8, 4) is 11.3 Å². The van der Waals surface area contributed by atoms with E-state index >= 15 is 0 Å². The fraction of sp³-hybridized carbons (Fsp3) is 0. The molecule has 0 bridgehead atoms. The lowest BCUT2D eigenvalue weighted by atomic mass is 10.1. The molecule has 0 atom stereocenters. The van der Waals surface area contributed by atoms with Gasteiger partial charge in [-0.2, -0.15) is 0 Å². The van der Waals surface area contributed by atoms with E-state index in [-0.39, 0.29) is 5.82 Å². The first-order valence-electron chi connectivity index (χ1n) is 5.29. The van der Waals surface area contributed by atoms with Gasteiger partial charge in [-0.15, -0.1) is 0 Å². The molecular weight excluding hydrogens is 215 g/mol. The van der Waals surface area contributed by atoms with Gasteiger partial charge in [0.1, 0.15) is 5.82 Å². The molecule has 3 heteroatoms. The Kier molecular flexibility index (Phi) is 2.29. The van der Waals surface area contributed by atoms with Crippen molar-refractivity contribution in [2.24, 2.45) is 0 Å². The number of hydrogen-bond donors (Lipinski definition) is 0.